The Hall–Kier alpha value is -1.12. The van der Waals surface area contributed by atoms with Crippen LogP contribution in [0.2, 0.25) is 0 Å². The lowest BCUT2D eigenvalue weighted by Crippen LogP contribution is -2.41. The van der Waals surface area contributed by atoms with E-state index in [9.17, 15) is 13.6 Å². The molecule has 4 nitrogen and oxygen atoms in total. The van der Waals surface area contributed by atoms with Crippen molar-refractivity contribution in [2.45, 2.75) is 18.8 Å². The molecular formula is C13H14BrF2N3OS. The third-order valence-electron chi connectivity index (χ3n) is 2.80. The molecule has 0 spiro atoms. The fourth-order valence-electron chi connectivity index (χ4n) is 1.66. The molecule has 0 saturated heterocycles. The van der Waals surface area contributed by atoms with Gasteiger partial charge in [0.05, 0.1) is 28.3 Å². The van der Waals surface area contributed by atoms with Gasteiger partial charge in [0.2, 0.25) is 5.91 Å². The lowest BCUT2D eigenvalue weighted by molar-refractivity contribution is -0.122. The van der Waals surface area contributed by atoms with Gasteiger partial charge in [-0.05, 0) is 18.2 Å². The number of halogens is 3. The van der Waals surface area contributed by atoms with Crippen LogP contribution in [0.3, 0.4) is 0 Å². The summed E-state index contributed by atoms with van der Waals surface area (Å²) < 4.78 is 27.8. The number of nitrogens with zero attached hydrogens (tertiary/aromatic N) is 1. The Morgan fingerprint density at radius 1 is 1.48 bits per heavy atom. The van der Waals surface area contributed by atoms with Crippen molar-refractivity contribution >= 4 is 43.4 Å². The summed E-state index contributed by atoms with van der Waals surface area (Å²) in [4.78, 5) is 15.9. The highest BCUT2D eigenvalue weighted by Crippen LogP contribution is 2.25. The smallest absolute Gasteiger partial charge is 0.277 e. The van der Waals surface area contributed by atoms with E-state index >= 15 is 0 Å². The molecule has 0 fully saturated rings. The molecule has 0 aliphatic carbocycles. The van der Waals surface area contributed by atoms with E-state index in [1.165, 1.54) is 11.3 Å². The molecule has 0 aliphatic heterocycles. The number of hydrogen-bond donors (Lipinski definition) is 2. The van der Waals surface area contributed by atoms with Crippen LogP contribution >= 0.6 is 27.3 Å². The molecule has 8 heteroatoms. The van der Waals surface area contributed by atoms with Crippen molar-refractivity contribution in [3.05, 3.63) is 27.7 Å². The minimum Gasteiger partial charge on any atom is -0.350 e. The number of nitrogens with one attached hydrogen (secondary N) is 1. The van der Waals surface area contributed by atoms with Crippen LogP contribution in [-0.4, -0.2) is 29.9 Å². The van der Waals surface area contributed by atoms with Crippen molar-refractivity contribution in [2.24, 2.45) is 5.73 Å². The Labute approximate surface area is 132 Å². The second kappa shape index (κ2) is 6.76. The zero-order chi connectivity index (χ0) is 15.5. The number of aromatic nitrogens is 1. The molecule has 0 radical (unpaired) electrons. The molecular weight excluding hydrogens is 364 g/mol. The number of carbonyl (C=O) groups is 1. The Balaban J connectivity index is 1.88. The van der Waals surface area contributed by atoms with Gasteiger partial charge in [0.25, 0.3) is 5.92 Å². The van der Waals surface area contributed by atoms with Crippen molar-refractivity contribution in [2.75, 3.05) is 13.1 Å². The summed E-state index contributed by atoms with van der Waals surface area (Å²) in [6.07, 6.45) is 0.554. The van der Waals surface area contributed by atoms with Crippen molar-refractivity contribution in [3.8, 4) is 0 Å². The Morgan fingerprint density at radius 2 is 2.24 bits per heavy atom. The number of rotatable bonds is 6. The zero-order valence-electron chi connectivity index (χ0n) is 11.0. The van der Waals surface area contributed by atoms with Crippen LogP contribution in [0, 0.1) is 0 Å². The van der Waals surface area contributed by atoms with E-state index in [2.05, 4.69) is 26.2 Å². The summed E-state index contributed by atoms with van der Waals surface area (Å²) >= 11 is 4.87. The van der Waals surface area contributed by atoms with Crippen molar-refractivity contribution < 1.29 is 13.6 Å². The van der Waals surface area contributed by atoms with Crippen molar-refractivity contribution in [1.29, 1.82) is 0 Å². The van der Waals surface area contributed by atoms with Crippen LogP contribution in [0.1, 0.15) is 11.4 Å². The lowest BCUT2D eigenvalue weighted by atomic mass is 10.3. The maximum atomic E-state index is 12.9. The van der Waals surface area contributed by atoms with Crippen LogP contribution in [0.4, 0.5) is 8.78 Å². The molecule has 2 aromatic rings. The van der Waals surface area contributed by atoms with Gasteiger partial charge in [-0.15, -0.1) is 11.3 Å². The molecule has 21 heavy (non-hydrogen) atoms. The van der Waals surface area contributed by atoms with E-state index in [0.29, 0.717) is 6.42 Å². The van der Waals surface area contributed by atoms with Gasteiger partial charge in [-0.3, -0.25) is 4.79 Å². The second-order valence-electron chi connectivity index (χ2n) is 4.56. The van der Waals surface area contributed by atoms with E-state index in [4.69, 9.17) is 5.73 Å². The predicted molar refractivity (Wildman–Crippen MR) is 82.7 cm³/mol. The summed E-state index contributed by atoms with van der Waals surface area (Å²) in [5.74, 6) is -3.48. The van der Waals surface area contributed by atoms with Crippen molar-refractivity contribution in [1.82, 2.24) is 10.3 Å². The Morgan fingerprint density at radius 3 is 2.95 bits per heavy atom. The van der Waals surface area contributed by atoms with E-state index in [0.717, 1.165) is 19.7 Å². The van der Waals surface area contributed by atoms with Gasteiger partial charge in [-0.25, -0.2) is 13.8 Å². The number of benzene rings is 1. The number of carbonyl (C=O) groups excluding carboxylic acids is 1. The second-order valence-corrected chi connectivity index (χ2v) is 6.59. The van der Waals surface area contributed by atoms with Gasteiger partial charge in [-0.2, -0.15) is 0 Å². The molecule has 0 aliphatic rings. The average Bonchev–Trinajstić information content (AvgIpc) is 2.85. The summed E-state index contributed by atoms with van der Waals surface area (Å²) in [6, 6.07) is 5.77. The van der Waals surface area contributed by atoms with Crippen LogP contribution in [0.15, 0.2) is 22.7 Å². The molecule has 1 amide bonds. The number of hydrogen-bond acceptors (Lipinski definition) is 4. The maximum absolute atomic E-state index is 12.9. The highest BCUT2D eigenvalue weighted by Gasteiger charge is 2.27. The van der Waals surface area contributed by atoms with Gasteiger partial charge in [-0.1, -0.05) is 15.9 Å². The monoisotopic (exact) mass is 377 g/mol. The third kappa shape index (κ3) is 4.69. The fourth-order valence-corrected chi connectivity index (χ4v) is 2.96. The van der Waals surface area contributed by atoms with Crippen LogP contribution in [0.5, 0.6) is 0 Å². The molecule has 0 bridgehead atoms. The highest BCUT2D eigenvalue weighted by molar-refractivity contribution is 9.10. The Kier molecular flexibility index (Phi) is 5.23. The van der Waals surface area contributed by atoms with Crippen LogP contribution < -0.4 is 11.1 Å². The molecule has 0 unspecified atom stereocenters. The van der Waals surface area contributed by atoms with E-state index in [1.807, 2.05) is 18.2 Å². The normalized spacial score (nSPS) is 11.8. The van der Waals surface area contributed by atoms with Crippen LogP contribution in [-0.2, 0) is 11.2 Å². The summed E-state index contributed by atoms with van der Waals surface area (Å²) in [6.45, 7) is -1.50. The van der Waals surface area contributed by atoms with Gasteiger partial charge in [0.1, 0.15) is 0 Å². The molecule has 0 saturated carbocycles. The van der Waals surface area contributed by atoms with Crippen molar-refractivity contribution in [3.63, 3.8) is 0 Å². The first-order valence-corrected chi connectivity index (χ1v) is 7.90. The van der Waals surface area contributed by atoms with Gasteiger partial charge in [0, 0.05) is 17.3 Å². The number of fused-ring (bicyclic) bond motifs is 1. The molecule has 0 atom stereocenters. The van der Waals surface area contributed by atoms with Gasteiger partial charge in [0.15, 0.2) is 0 Å². The predicted octanol–water partition coefficient (Wildman–Crippen LogP) is 2.70. The molecule has 3 N–H and O–H groups in total. The topological polar surface area (TPSA) is 68.0 Å². The number of nitrogens with two attached hydrogens (primary N) is 1. The third-order valence-corrected chi connectivity index (χ3v) is 4.39. The van der Waals surface area contributed by atoms with Gasteiger partial charge < -0.3 is 11.1 Å². The number of alkyl halides is 2. The SMILES string of the molecule is NCC(F)(F)CNC(=O)CCc1nc2cc(Br)ccc2s1. The first kappa shape index (κ1) is 16.3. The van der Waals surface area contributed by atoms with E-state index < -0.39 is 24.9 Å². The minimum atomic E-state index is -3.06. The lowest BCUT2D eigenvalue weighted by Gasteiger charge is -2.14. The maximum Gasteiger partial charge on any atom is 0.277 e. The number of amides is 1. The average molecular weight is 378 g/mol. The summed E-state index contributed by atoms with van der Waals surface area (Å²) in [7, 11) is 0. The number of aryl methyl sites for hydroxylation is 1. The molecule has 114 valence electrons. The fraction of sp³-hybridized carbons (Fsp3) is 0.385. The van der Waals surface area contributed by atoms with E-state index in [1.54, 1.807) is 0 Å². The molecule has 2 rings (SSSR count). The highest BCUT2D eigenvalue weighted by atomic mass is 79.9. The summed E-state index contributed by atoms with van der Waals surface area (Å²) in [5, 5.41) is 3.00. The van der Waals surface area contributed by atoms with Gasteiger partial charge >= 0.3 is 0 Å². The Bertz CT molecular complexity index is 647. The number of thiazole rings is 1. The molecule has 1 heterocycles. The standard InChI is InChI=1S/C13H14BrF2N3OS/c14-8-1-2-10-9(5-8)19-12(21-10)4-3-11(20)18-7-13(15,16)6-17/h1-2,5H,3-4,6-7,17H2,(H,18,20). The molecule has 1 aromatic heterocycles. The molecule has 1 aromatic carbocycles. The minimum absolute atomic E-state index is 0.127. The quantitative estimate of drug-likeness (QED) is 0.812. The zero-order valence-corrected chi connectivity index (χ0v) is 13.4. The summed E-state index contributed by atoms with van der Waals surface area (Å²) in [5.41, 5.74) is 5.76. The van der Waals surface area contributed by atoms with Crippen LogP contribution in [0.25, 0.3) is 10.2 Å². The van der Waals surface area contributed by atoms with E-state index in [-0.39, 0.29) is 6.42 Å². The first-order valence-electron chi connectivity index (χ1n) is 6.29. The first-order chi connectivity index (χ1) is 9.89. The largest absolute Gasteiger partial charge is 0.350 e.